The molecule has 6 nitrogen and oxygen atoms in total. The molecule has 1 fully saturated rings. The zero-order valence-electron chi connectivity index (χ0n) is 17.3. The number of fused-ring (bicyclic) bond motifs is 1. The van der Waals surface area contributed by atoms with Gasteiger partial charge < -0.3 is 10.2 Å². The maximum atomic E-state index is 12.2. The molecule has 2 N–H and O–H groups in total. The van der Waals surface area contributed by atoms with Crippen LogP contribution in [0.15, 0.2) is 30.5 Å². The lowest BCUT2D eigenvalue weighted by Gasteiger charge is -2.33. The largest absolute Gasteiger partial charge is 0.481 e. The second-order valence-electron chi connectivity index (χ2n) is 8.73. The number of benzene rings is 1. The van der Waals surface area contributed by atoms with Crippen molar-refractivity contribution in [1.82, 2.24) is 14.6 Å². The Labute approximate surface area is 170 Å². The summed E-state index contributed by atoms with van der Waals surface area (Å²) in [4.78, 5) is 12.2. The summed E-state index contributed by atoms with van der Waals surface area (Å²) in [7, 11) is 0. The summed E-state index contributed by atoms with van der Waals surface area (Å²) in [5.74, 6) is 0.206. The number of carboxylic acid groups (broad SMARTS) is 1. The molecule has 6 heteroatoms. The Bertz CT molecular complexity index is 1100. The number of aliphatic carboxylic acids is 1. The SMILES string of the molecule is Cc1ccc([C@@H](c2ccn3c(C4CC4)nnc3c2C)C(C)(C)C(=O)O)cc1CO. The van der Waals surface area contributed by atoms with E-state index in [1.165, 1.54) is 0 Å². The van der Waals surface area contributed by atoms with Crippen LogP contribution in [0.2, 0.25) is 0 Å². The summed E-state index contributed by atoms with van der Waals surface area (Å²) < 4.78 is 2.04. The Balaban J connectivity index is 1.92. The van der Waals surface area contributed by atoms with E-state index in [-0.39, 0.29) is 6.61 Å². The first-order chi connectivity index (χ1) is 13.8. The maximum absolute atomic E-state index is 12.2. The zero-order chi connectivity index (χ0) is 20.9. The number of rotatable bonds is 6. The van der Waals surface area contributed by atoms with Crippen molar-refractivity contribution in [3.05, 3.63) is 64.1 Å². The lowest BCUT2D eigenvalue weighted by Crippen LogP contribution is -2.32. The number of aliphatic hydroxyl groups is 1. The average Bonchev–Trinajstić information content (AvgIpc) is 3.43. The molecule has 0 unspecified atom stereocenters. The molecule has 2 aromatic heterocycles. The molecule has 152 valence electrons. The summed E-state index contributed by atoms with van der Waals surface area (Å²) in [6.07, 6.45) is 4.25. The smallest absolute Gasteiger partial charge is 0.310 e. The van der Waals surface area contributed by atoms with Crippen LogP contribution >= 0.6 is 0 Å². The van der Waals surface area contributed by atoms with Gasteiger partial charge in [0.1, 0.15) is 5.82 Å². The van der Waals surface area contributed by atoms with E-state index in [4.69, 9.17) is 0 Å². The fourth-order valence-corrected chi connectivity index (χ4v) is 4.20. The molecular formula is C23H27N3O3. The molecule has 0 spiro atoms. The molecule has 0 bridgehead atoms. The second-order valence-corrected chi connectivity index (χ2v) is 8.73. The third kappa shape index (κ3) is 3.21. The monoisotopic (exact) mass is 393 g/mol. The molecule has 1 aliphatic carbocycles. The third-order valence-corrected chi connectivity index (χ3v) is 6.30. The number of aromatic nitrogens is 3. The molecule has 0 aliphatic heterocycles. The molecule has 0 radical (unpaired) electrons. The number of nitrogens with zero attached hydrogens (tertiary/aromatic N) is 3. The van der Waals surface area contributed by atoms with E-state index in [2.05, 4.69) is 10.2 Å². The van der Waals surface area contributed by atoms with Crippen molar-refractivity contribution in [3.63, 3.8) is 0 Å². The highest BCUT2D eigenvalue weighted by atomic mass is 16.4. The van der Waals surface area contributed by atoms with E-state index in [1.54, 1.807) is 13.8 Å². The summed E-state index contributed by atoms with van der Waals surface area (Å²) >= 11 is 0. The summed E-state index contributed by atoms with van der Waals surface area (Å²) in [6, 6.07) is 7.84. The predicted molar refractivity (Wildman–Crippen MR) is 110 cm³/mol. The first-order valence-corrected chi connectivity index (χ1v) is 10.0. The van der Waals surface area contributed by atoms with Gasteiger partial charge in [0.15, 0.2) is 5.65 Å². The zero-order valence-corrected chi connectivity index (χ0v) is 17.3. The Morgan fingerprint density at radius 2 is 1.97 bits per heavy atom. The minimum Gasteiger partial charge on any atom is -0.481 e. The van der Waals surface area contributed by atoms with Crippen LogP contribution in [0.1, 0.15) is 72.2 Å². The van der Waals surface area contributed by atoms with Crippen molar-refractivity contribution >= 4 is 11.6 Å². The Morgan fingerprint density at radius 3 is 2.59 bits per heavy atom. The van der Waals surface area contributed by atoms with Crippen LogP contribution in [-0.2, 0) is 11.4 Å². The van der Waals surface area contributed by atoms with Crippen LogP contribution in [0.3, 0.4) is 0 Å². The topological polar surface area (TPSA) is 87.7 Å². The molecule has 1 atom stereocenters. The number of carboxylic acids is 1. The number of aryl methyl sites for hydroxylation is 2. The average molecular weight is 393 g/mol. The van der Waals surface area contributed by atoms with E-state index in [1.807, 2.05) is 48.7 Å². The van der Waals surface area contributed by atoms with Crippen molar-refractivity contribution in [2.45, 2.75) is 59.0 Å². The van der Waals surface area contributed by atoms with Crippen molar-refractivity contribution in [2.24, 2.45) is 5.41 Å². The van der Waals surface area contributed by atoms with E-state index in [9.17, 15) is 15.0 Å². The minimum atomic E-state index is -1.05. The Hall–Kier alpha value is -2.73. The van der Waals surface area contributed by atoms with Gasteiger partial charge in [-0.25, -0.2) is 0 Å². The van der Waals surface area contributed by atoms with Crippen molar-refractivity contribution in [2.75, 3.05) is 0 Å². The fourth-order valence-electron chi connectivity index (χ4n) is 4.20. The molecule has 2 heterocycles. The highest BCUT2D eigenvalue weighted by Crippen LogP contribution is 2.44. The fraction of sp³-hybridized carbons (Fsp3) is 0.435. The third-order valence-electron chi connectivity index (χ3n) is 6.30. The molecule has 29 heavy (non-hydrogen) atoms. The molecule has 4 rings (SSSR count). The number of aliphatic hydroxyl groups excluding tert-OH is 1. The molecule has 1 saturated carbocycles. The van der Waals surface area contributed by atoms with Crippen LogP contribution in [-0.4, -0.2) is 30.8 Å². The first kappa shape index (κ1) is 19.6. The molecule has 1 aromatic carbocycles. The van der Waals surface area contributed by atoms with Crippen LogP contribution < -0.4 is 0 Å². The van der Waals surface area contributed by atoms with Crippen LogP contribution in [0.5, 0.6) is 0 Å². The minimum absolute atomic E-state index is 0.0766. The number of hydrogen-bond donors (Lipinski definition) is 2. The van der Waals surface area contributed by atoms with Gasteiger partial charge in [-0.1, -0.05) is 18.2 Å². The van der Waals surface area contributed by atoms with Gasteiger partial charge in [0.2, 0.25) is 0 Å². The summed E-state index contributed by atoms with van der Waals surface area (Å²) in [5, 5.41) is 28.6. The van der Waals surface area contributed by atoms with Gasteiger partial charge in [-0.2, -0.15) is 0 Å². The second kappa shape index (κ2) is 6.95. The van der Waals surface area contributed by atoms with Gasteiger partial charge in [0.25, 0.3) is 0 Å². The standard InChI is InChI=1S/C23H27N3O3/c1-13-5-6-16(11-17(13)12-27)19(23(3,4)22(28)29)18-9-10-26-20(14(18)2)24-25-21(26)15-7-8-15/h5-6,9-11,15,19,27H,7-8,12H2,1-4H3,(H,28,29)/t19-/m0/s1. The molecule has 0 saturated heterocycles. The first-order valence-electron chi connectivity index (χ1n) is 10.0. The molecule has 3 aromatic rings. The van der Waals surface area contributed by atoms with E-state index in [0.29, 0.717) is 5.92 Å². The van der Waals surface area contributed by atoms with Gasteiger partial charge in [-0.3, -0.25) is 9.20 Å². The van der Waals surface area contributed by atoms with E-state index >= 15 is 0 Å². The van der Waals surface area contributed by atoms with E-state index < -0.39 is 17.3 Å². The highest BCUT2D eigenvalue weighted by Gasteiger charge is 2.40. The number of carbonyl (C=O) groups is 1. The number of hydrogen-bond acceptors (Lipinski definition) is 4. The van der Waals surface area contributed by atoms with Gasteiger partial charge in [-0.05, 0) is 74.4 Å². The molecular weight excluding hydrogens is 366 g/mol. The van der Waals surface area contributed by atoms with Crippen LogP contribution in [0, 0.1) is 19.3 Å². The van der Waals surface area contributed by atoms with Crippen molar-refractivity contribution < 1.29 is 15.0 Å². The van der Waals surface area contributed by atoms with Gasteiger partial charge in [0.05, 0.1) is 12.0 Å². The molecule has 1 aliphatic rings. The van der Waals surface area contributed by atoms with Crippen LogP contribution in [0.4, 0.5) is 0 Å². The quantitative estimate of drug-likeness (QED) is 0.662. The van der Waals surface area contributed by atoms with Crippen molar-refractivity contribution in [1.29, 1.82) is 0 Å². The lowest BCUT2D eigenvalue weighted by molar-refractivity contribution is -0.147. The molecule has 0 amide bonds. The Kier molecular flexibility index (Phi) is 4.69. The van der Waals surface area contributed by atoms with E-state index in [0.717, 1.165) is 52.1 Å². The van der Waals surface area contributed by atoms with Crippen LogP contribution in [0.25, 0.3) is 5.65 Å². The maximum Gasteiger partial charge on any atom is 0.310 e. The highest BCUT2D eigenvalue weighted by molar-refractivity contribution is 5.77. The summed E-state index contributed by atoms with van der Waals surface area (Å²) in [6.45, 7) is 7.36. The van der Waals surface area contributed by atoms with Gasteiger partial charge in [0, 0.05) is 18.0 Å². The lowest BCUT2D eigenvalue weighted by atomic mass is 9.70. The number of pyridine rings is 1. The van der Waals surface area contributed by atoms with Gasteiger partial charge in [-0.15, -0.1) is 10.2 Å². The van der Waals surface area contributed by atoms with Gasteiger partial charge >= 0.3 is 5.97 Å². The van der Waals surface area contributed by atoms with Crippen molar-refractivity contribution in [3.8, 4) is 0 Å². The normalized spacial score (nSPS) is 15.6. The predicted octanol–water partition coefficient (Wildman–Crippen LogP) is 3.96. The summed E-state index contributed by atoms with van der Waals surface area (Å²) in [5.41, 5.74) is 4.27. The Morgan fingerprint density at radius 1 is 1.24 bits per heavy atom.